The van der Waals surface area contributed by atoms with E-state index in [1.165, 1.54) is 0 Å². The van der Waals surface area contributed by atoms with Crippen molar-refractivity contribution in [2.24, 2.45) is 23.7 Å². The van der Waals surface area contributed by atoms with Crippen LogP contribution >= 0.6 is 0 Å². The Morgan fingerprint density at radius 2 is 1.60 bits per heavy atom. The molecule has 4 fully saturated rings. The molecular formula is C56H81NO15. The number of aliphatic hydroxyl groups excluding tert-OH is 1. The first kappa shape index (κ1) is 56.1. The Balaban J connectivity index is 0.000000761. The van der Waals surface area contributed by atoms with Crippen molar-refractivity contribution in [2.75, 3.05) is 27.9 Å². The summed E-state index contributed by atoms with van der Waals surface area (Å²) in [4.78, 5) is 24.6. The van der Waals surface area contributed by atoms with Gasteiger partial charge in [-0.1, -0.05) is 88.8 Å². The third-order valence-corrected chi connectivity index (χ3v) is 15.9. The molecule has 72 heavy (non-hydrogen) atoms. The molecule has 2 bridgehead atoms. The van der Waals surface area contributed by atoms with E-state index in [2.05, 4.69) is 52.1 Å². The maximum absolute atomic E-state index is 14.4. The molecule has 0 saturated carbocycles. The number of likely N-dealkylation sites (N-methyl/N-ethyl adjacent to an activating group) is 1. The number of methoxy groups -OCH3 is 2. The molecule has 20 atom stereocenters. The second-order valence-electron chi connectivity index (χ2n) is 21.0. The fourth-order valence-electron chi connectivity index (χ4n) is 11.6. The normalized spacial score (nSPS) is 42.9. The van der Waals surface area contributed by atoms with E-state index in [-0.39, 0.29) is 67.0 Å². The highest BCUT2D eigenvalue weighted by molar-refractivity contribution is 5.87. The van der Waals surface area contributed by atoms with E-state index in [0.29, 0.717) is 48.8 Å². The van der Waals surface area contributed by atoms with Crippen molar-refractivity contribution in [3.05, 3.63) is 95.1 Å². The number of rotatable bonds is 10. The molecule has 16 heteroatoms. The first-order chi connectivity index (χ1) is 34.3. The van der Waals surface area contributed by atoms with Gasteiger partial charge >= 0.3 is 11.9 Å². The summed E-state index contributed by atoms with van der Waals surface area (Å²) in [5.41, 5.74) is 0.511. The number of aliphatic hydroxyl groups is 2. The van der Waals surface area contributed by atoms with Crippen LogP contribution in [0.3, 0.4) is 0 Å². The summed E-state index contributed by atoms with van der Waals surface area (Å²) < 4.78 is 64.6. The van der Waals surface area contributed by atoms with Crippen LogP contribution in [0.25, 0.3) is 0 Å². The van der Waals surface area contributed by atoms with Gasteiger partial charge in [-0.2, -0.15) is 0 Å². The lowest BCUT2D eigenvalue weighted by Crippen LogP contribution is -2.58. The van der Waals surface area contributed by atoms with Gasteiger partial charge in [-0.3, -0.25) is 4.79 Å². The number of nitrogens with one attached hydrogen (secondary N) is 1. The highest BCUT2D eigenvalue weighted by atomic mass is 16.7. The smallest absolute Gasteiger partial charge is 0.335 e. The third-order valence-electron chi connectivity index (χ3n) is 15.9. The van der Waals surface area contributed by atoms with Crippen molar-refractivity contribution in [2.45, 2.75) is 191 Å². The number of hydrogen-bond acceptors (Lipinski definition) is 15. The van der Waals surface area contributed by atoms with Crippen molar-refractivity contribution in [3.8, 4) is 0 Å². The summed E-state index contributed by atoms with van der Waals surface area (Å²) in [7, 11) is 5.30. The first-order valence-corrected chi connectivity index (χ1v) is 26.0. The van der Waals surface area contributed by atoms with Gasteiger partial charge in [0.15, 0.2) is 18.4 Å². The molecule has 1 aromatic rings. The Morgan fingerprint density at radius 3 is 2.26 bits per heavy atom. The number of carboxylic acid groups (broad SMARTS) is 1. The van der Waals surface area contributed by atoms with Gasteiger partial charge in [0, 0.05) is 51.7 Å². The van der Waals surface area contributed by atoms with E-state index in [9.17, 15) is 19.8 Å². The molecule has 4 N–H and O–H groups in total. The highest BCUT2D eigenvalue weighted by Gasteiger charge is 2.60. The van der Waals surface area contributed by atoms with Crippen LogP contribution in [0.15, 0.2) is 89.6 Å². The summed E-state index contributed by atoms with van der Waals surface area (Å²) in [5.74, 6) is -3.39. The Bertz CT molecular complexity index is 2140. The van der Waals surface area contributed by atoms with Crippen molar-refractivity contribution in [1.29, 1.82) is 0 Å². The Morgan fingerprint density at radius 1 is 0.903 bits per heavy atom. The van der Waals surface area contributed by atoms with Gasteiger partial charge < -0.3 is 68.0 Å². The van der Waals surface area contributed by atoms with Crippen LogP contribution in [0.1, 0.15) is 104 Å². The van der Waals surface area contributed by atoms with E-state index < -0.39 is 72.3 Å². The minimum Gasteiger partial charge on any atom is -0.478 e. The lowest BCUT2D eigenvalue weighted by atomic mass is 9.71. The van der Waals surface area contributed by atoms with Crippen LogP contribution in [0, 0.1) is 23.7 Å². The standard InChI is InChI=1S/C49H75NO13.C7H6O2/c1-12-26(2)44-29(5)18-19-48(63-44)24-35-21-34(62-48)17-16-28(4)43(27(3)14-13-15-33-25-56-46-42(51)30(6)20-36(47(52)59-35)49(33,46)53)60-40-23-38(55-11)45(32(8)58-40)61-39-22-37(54-10)41(50-9)31(7)57-39;8-7(9)6-4-2-1-3-5-6/h13-16,18-20,26-27,29,31-32,34-46,50-51,53H,12,17,21-25H2,1-11H3;1-5H,(H,8,9)/b14-13-,28-16-,33-15?;/t26-,27-,29-,31-,32-,34+,35-,36-,37-,38-,39-,40-,41-,42+,43-,44+,45-,46+,48+,49+;/m0./s1. The van der Waals surface area contributed by atoms with Gasteiger partial charge in [-0.25, -0.2) is 4.79 Å². The monoisotopic (exact) mass is 1010 g/mol. The first-order valence-electron chi connectivity index (χ1n) is 26.0. The number of allylic oxidation sites excluding steroid dienone is 2. The van der Waals surface area contributed by atoms with Gasteiger partial charge in [0.1, 0.15) is 35.9 Å². The van der Waals surface area contributed by atoms with Crippen LogP contribution in [-0.2, 0) is 52.2 Å². The van der Waals surface area contributed by atoms with Crippen LogP contribution in [0.4, 0.5) is 0 Å². The average Bonchev–Trinajstić information content (AvgIpc) is 3.70. The minimum absolute atomic E-state index is 0.0411. The van der Waals surface area contributed by atoms with Gasteiger partial charge in [0.25, 0.3) is 0 Å². The number of carbonyl (C=O) groups is 2. The fourth-order valence-corrected chi connectivity index (χ4v) is 11.6. The van der Waals surface area contributed by atoms with Gasteiger partial charge in [-0.05, 0) is 82.0 Å². The van der Waals surface area contributed by atoms with Crippen LogP contribution in [0.2, 0.25) is 0 Å². The zero-order chi connectivity index (χ0) is 52.1. The summed E-state index contributed by atoms with van der Waals surface area (Å²) >= 11 is 0. The zero-order valence-corrected chi connectivity index (χ0v) is 44.0. The van der Waals surface area contributed by atoms with Crippen molar-refractivity contribution in [1.82, 2.24) is 5.32 Å². The molecule has 1 spiro atoms. The number of aromatic carboxylic acids is 1. The van der Waals surface area contributed by atoms with Gasteiger partial charge in [0.05, 0.1) is 60.9 Å². The topological polar surface area (TPSA) is 199 Å². The van der Waals surface area contributed by atoms with Gasteiger partial charge in [0.2, 0.25) is 0 Å². The van der Waals surface area contributed by atoms with E-state index in [0.717, 1.165) is 12.0 Å². The van der Waals surface area contributed by atoms with Crippen molar-refractivity contribution >= 4 is 11.9 Å². The lowest BCUT2D eigenvalue weighted by molar-refractivity contribution is -0.312. The van der Waals surface area contributed by atoms with Crippen molar-refractivity contribution < 1.29 is 72.3 Å². The molecule has 6 aliphatic heterocycles. The molecule has 7 aliphatic rings. The molecule has 1 aromatic carbocycles. The highest BCUT2D eigenvalue weighted by Crippen LogP contribution is 2.47. The summed E-state index contributed by atoms with van der Waals surface area (Å²) in [6.07, 6.45) is 10.7. The Kier molecular flexibility index (Phi) is 19.0. The second-order valence-corrected chi connectivity index (χ2v) is 21.0. The molecular weight excluding hydrogens is 927 g/mol. The maximum Gasteiger partial charge on any atom is 0.335 e. The van der Waals surface area contributed by atoms with Crippen LogP contribution in [-0.4, -0.2) is 152 Å². The summed E-state index contributed by atoms with van der Waals surface area (Å²) in [6.45, 7) is 16.4. The summed E-state index contributed by atoms with van der Waals surface area (Å²) in [6, 6.07) is 8.34. The van der Waals surface area contributed by atoms with Crippen LogP contribution in [0.5, 0.6) is 0 Å². The number of ether oxygens (including phenoxy) is 10. The summed E-state index contributed by atoms with van der Waals surface area (Å²) in [5, 5.41) is 35.4. The zero-order valence-electron chi connectivity index (χ0n) is 44.0. The van der Waals surface area contributed by atoms with E-state index in [1.807, 2.05) is 39.1 Å². The lowest BCUT2D eigenvalue weighted by Gasteiger charge is -2.48. The van der Waals surface area contributed by atoms with E-state index in [1.54, 1.807) is 63.6 Å². The quantitative estimate of drug-likeness (QED) is 0.138. The molecule has 6 heterocycles. The number of fused-ring (bicyclic) bond motifs is 2. The molecule has 16 nitrogen and oxygen atoms in total. The van der Waals surface area contributed by atoms with E-state index in [4.69, 9.17) is 52.5 Å². The third kappa shape index (κ3) is 12.4. The Hall–Kier alpha value is -3.62. The number of esters is 1. The van der Waals surface area contributed by atoms with Crippen molar-refractivity contribution in [3.63, 3.8) is 0 Å². The predicted molar refractivity (Wildman–Crippen MR) is 268 cm³/mol. The second kappa shape index (κ2) is 24.4. The van der Waals surface area contributed by atoms with E-state index >= 15 is 0 Å². The Labute approximate surface area is 426 Å². The number of carbonyl (C=O) groups excluding carboxylic acids is 1. The number of carboxylic acids is 1. The predicted octanol–water partition coefficient (Wildman–Crippen LogP) is 6.99. The molecule has 0 aromatic heterocycles. The number of benzene rings is 1. The number of hydrogen-bond donors (Lipinski definition) is 4. The molecule has 0 radical (unpaired) electrons. The average molecular weight is 1010 g/mol. The maximum atomic E-state index is 14.4. The molecule has 8 rings (SSSR count). The molecule has 4 saturated heterocycles. The largest absolute Gasteiger partial charge is 0.478 e. The molecule has 0 amide bonds. The molecule has 0 unspecified atom stereocenters. The van der Waals surface area contributed by atoms with Crippen LogP contribution < -0.4 is 5.32 Å². The SMILES string of the molecule is CC[C@H](C)[C@H]1O[C@]2(C=C[C@@H]1C)C[C@@H]1C[C@@H](C/C=C(/C)[C@@H](O[C@H]3C[C@H](OC)[C@@H](O[C@H]4C[C@H](OC)[C@@H](NC)[C@H](C)O4)[C@H](C)O3)[C@@H](C)/C=C\C=C3CO[C@@H]4[C@H](O)C(C)=C[C@@H](C(=O)O1)[C@]34O)O2.O=C(O)c1ccccc1. The van der Waals surface area contributed by atoms with Gasteiger partial charge in [-0.15, -0.1) is 0 Å². The minimum atomic E-state index is -1.83. The molecule has 400 valence electrons. The molecule has 1 aliphatic carbocycles. The fraction of sp³-hybridized carbons (Fsp3) is 0.679.